The predicted molar refractivity (Wildman–Crippen MR) is 72.7 cm³/mol. The first-order valence-corrected chi connectivity index (χ1v) is 5.71. The van der Waals surface area contributed by atoms with Crippen LogP contribution in [0.3, 0.4) is 0 Å². The first kappa shape index (κ1) is 12.9. The van der Waals surface area contributed by atoms with E-state index in [9.17, 15) is 4.79 Å². The van der Waals surface area contributed by atoms with Crippen LogP contribution in [-0.2, 0) is 4.79 Å². The number of hydrogen-bond donors (Lipinski definition) is 3. The molecule has 6 heteroatoms. The average molecular weight is 267 g/mol. The molecule has 0 bridgehead atoms. The van der Waals surface area contributed by atoms with Crippen LogP contribution in [0.5, 0.6) is 0 Å². The number of anilines is 1. The maximum atomic E-state index is 11.9. The van der Waals surface area contributed by atoms with Crippen molar-refractivity contribution >= 4 is 34.9 Å². The van der Waals surface area contributed by atoms with Gasteiger partial charge >= 0.3 is 0 Å². The number of nitrogens with one attached hydrogen (secondary N) is 2. The van der Waals surface area contributed by atoms with E-state index in [0.29, 0.717) is 0 Å². The van der Waals surface area contributed by atoms with Crippen molar-refractivity contribution < 1.29 is 4.79 Å². The molecule has 0 spiro atoms. The highest BCUT2D eigenvalue weighted by atomic mass is 35.5. The number of hydrogen-bond acceptors (Lipinski definition) is 3. The molecule has 1 heterocycles. The Morgan fingerprint density at radius 1 is 1.44 bits per heavy atom. The summed E-state index contributed by atoms with van der Waals surface area (Å²) in [6, 6.07) is 5.64. The van der Waals surface area contributed by atoms with Gasteiger partial charge < -0.3 is 11.1 Å². The molecule has 1 aromatic carbocycles. The van der Waals surface area contributed by atoms with Gasteiger partial charge in [-0.25, -0.2) is 0 Å². The van der Waals surface area contributed by atoms with Crippen molar-refractivity contribution in [2.75, 3.05) is 5.32 Å². The fourth-order valence-corrected chi connectivity index (χ4v) is 2.06. The summed E-state index contributed by atoms with van der Waals surface area (Å²) in [7, 11) is 0. The second-order valence-electron chi connectivity index (χ2n) is 4.64. The van der Waals surface area contributed by atoms with Crippen LogP contribution in [0.2, 0.25) is 0 Å². The van der Waals surface area contributed by atoms with E-state index in [0.717, 1.165) is 35.9 Å². The number of aromatic nitrogens is 2. The second kappa shape index (κ2) is 4.59. The van der Waals surface area contributed by atoms with Crippen LogP contribution in [0.15, 0.2) is 24.4 Å². The Morgan fingerprint density at radius 3 is 2.89 bits per heavy atom. The number of nitrogens with two attached hydrogens (primary N) is 1. The first-order chi connectivity index (χ1) is 8.17. The van der Waals surface area contributed by atoms with Crippen LogP contribution >= 0.6 is 12.4 Å². The monoisotopic (exact) mass is 266 g/mol. The standard InChI is InChI=1S/C12H14N4O.ClH/c13-12(4-1-5-12)11(17)15-9-3-2-8-7-14-16-10(8)6-9;/h2-3,6-7H,1,4-5,13H2,(H,14,16)(H,15,17);1H. The van der Waals surface area contributed by atoms with Crippen molar-refractivity contribution in [3.05, 3.63) is 24.4 Å². The fourth-order valence-electron chi connectivity index (χ4n) is 2.06. The molecule has 0 aliphatic heterocycles. The number of carbonyl (C=O) groups is 1. The molecule has 3 rings (SSSR count). The van der Waals surface area contributed by atoms with Gasteiger partial charge in [0.2, 0.25) is 5.91 Å². The van der Waals surface area contributed by atoms with Gasteiger partial charge in [-0.05, 0) is 37.5 Å². The van der Waals surface area contributed by atoms with Gasteiger partial charge in [0.05, 0.1) is 17.3 Å². The Kier molecular flexibility index (Phi) is 3.28. The molecule has 2 aromatic rings. The Labute approximate surface area is 111 Å². The summed E-state index contributed by atoms with van der Waals surface area (Å²) in [5.74, 6) is -0.0948. The highest BCUT2D eigenvalue weighted by Gasteiger charge is 2.40. The minimum absolute atomic E-state index is 0. The van der Waals surface area contributed by atoms with Crippen molar-refractivity contribution in [1.82, 2.24) is 10.2 Å². The summed E-state index contributed by atoms with van der Waals surface area (Å²) in [6.07, 6.45) is 4.32. The molecule has 1 aromatic heterocycles. The Bertz CT molecular complexity index is 576. The minimum Gasteiger partial charge on any atom is -0.324 e. The number of nitrogens with zero attached hydrogens (tertiary/aromatic N) is 1. The Morgan fingerprint density at radius 2 is 2.22 bits per heavy atom. The van der Waals surface area contributed by atoms with Crippen molar-refractivity contribution in [3.63, 3.8) is 0 Å². The van der Waals surface area contributed by atoms with Gasteiger partial charge in [-0.1, -0.05) is 0 Å². The van der Waals surface area contributed by atoms with Gasteiger partial charge in [-0.3, -0.25) is 9.89 Å². The number of H-pyrrole nitrogens is 1. The van der Waals surface area contributed by atoms with Crippen LogP contribution in [0, 0.1) is 0 Å². The zero-order valence-electron chi connectivity index (χ0n) is 9.77. The van der Waals surface area contributed by atoms with Gasteiger partial charge in [0, 0.05) is 11.1 Å². The number of halogens is 1. The number of rotatable bonds is 2. The summed E-state index contributed by atoms with van der Waals surface area (Å²) in [5.41, 5.74) is 6.95. The van der Waals surface area contributed by atoms with Crippen LogP contribution in [-0.4, -0.2) is 21.6 Å². The van der Waals surface area contributed by atoms with Gasteiger partial charge in [0.1, 0.15) is 0 Å². The summed E-state index contributed by atoms with van der Waals surface area (Å²) >= 11 is 0. The van der Waals surface area contributed by atoms with Crippen molar-refractivity contribution in [2.24, 2.45) is 5.73 Å². The molecule has 1 saturated carbocycles. The summed E-state index contributed by atoms with van der Waals surface area (Å²) in [5, 5.41) is 10.7. The zero-order chi connectivity index (χ0) is 11.9. The van der Waals surface area contributed by atoms with E-state index in [1.54, 1.807) is 6.20 Å². The third-order valence-electron chi connectivity index (χ3n) is 3.40. The largest absolute Gasteiger partial charge is 0.324 e. The quantitative estimate of drug-likeness (QED) is 0.775. The predicted octanol–water partition coefficient (Wildman–Crippen LogP) is 1.80. The third kappa shape index (κ3) is 2.07. The van der Waals surface area contributed by atoms with Crippen LogP contribution in [0.25, 0.3) is 10.9 Å². The van der Waals surface area contributed by atoms with Crippen LogP contribution in [0.1, 0.15) is 19.3 Å². The van der Waals surface area contributed by atoms with Crippen molar-refractivity contribution in [3.8, 4) is 0 Å². The normalized spacial score (nSPS) is 16.7. The molecular weight excluding hydrogens is 252 g/mol. The first-order valence-electron chi connectivity index (χ1n) is 5.71. The molecule has 5 nitrogen and oxygen atoms in total. The van der Waals surface area contributed by atoms with Gasteiger partial charge in [0.25, 0.3) is 0 Å². The molecule has 96 valence electrons. The van der Waals surface area contributed by atoms with Crippen LogP contribution < -0.4 is 11.1 Å². The van der Waals surface area contributed by atoms with E-state index >= 15 is 0 Å². The molecular formula is C12H15ClN4O. The van der Waals surface area contributed by atoms with E-state index in [2.05, 4.69) is 15.5 Å². The lowest BCUT2D eigenvalue weighted by atomic mass is 9.77. The highest BCUT2D eigenvalue weighted by Crippen LogP contribution is 2.30. The molecule has 1 aliphatic rings. The topological polar surface area (TPSA) is 83.8 Å². The lowest BCUT2D eigenvalue weighted by molar-refractivity contribution is -0.123. The molecule has 1 amide bonds. The van der Waals surface area contributed by atoms with Crippen molar-refractivity contribution in [2.45, 2.75) is 24.8 Å². The van der Waals surface area contributed by atoms with E-state index in [-0.39, 0.29) is 18.3 Å². The number of carbonyl (C=O) groups excluding carboxylic acids is 1. The van der Waals surface area contributed by atoms with E-state index in [4.69, 9.17) is 5.73 Å². The SMILES string of the molecule is Cl.NC1(C(=O)Nc2ccc3cn[nH]c3c2)CCC1. The Balaban J connectivity index is 0.00000120. The van der Waals surface area contributed by atoms with E-state index < -0.39 is 5.54 Å². The summed E-state index contributed by atoms with van der Waals surface area (Å²) in [6.45, 7) is 0. The summed E-state index contributed by atoms with van der Waals surface area (Å²) < 4.78 is 0. The highest BCUT2D eigenvalue weighted by molar-refractivity contribution is 5.99. The van der Waals surface area contributed by atoms with Gasteiger partial charge in [-0.15, -0.1) is 12.4 Å². The molecule has 0 radical (unpaired) electrons. The zero-order valence-corrected chi connectivity index (χ0v) is 10.6. The third-order valence-corrected chi connectivity index (χ3v) is 3.40. The smallest absolute Gasteiger partial charge is 0.244 e. The van der Waals surface area contributed by atoms with Gasteiger partial charge in [-0.2, -0.15) is 5.10 Å². The number of benzene rings is 1. The lowest BCUT2D eigenvalue weighted by Crippen LogP contribution is -2.56. The number of aromatic amines is 1. The fraction of sp³-hybridized carbons (Fsp3) is 0.333. The maximum Gasteiger partial charge on any atom is 0.244 e. The molecule has 1 fully saturated rings. The van der Waals surface area contributed by atoms with Gasteiger partial charge in [0.15, 0.2) is 0 Å². The molecule has 4 N–H and O–H groups in total. The lowest BCUT2D eigenvalue weighted by Gasteiger charge is -2.36. The minimum atomic E-state index is -0.664. The summed E-state index contributed by atoms with van der Waals surface area (Å²) in [4.78, 5) is 11.9. The molecule has 0 saturated heterocycles. The Hall–Kier alpha value is -1.59. The molecule has 1 aliphatic carbocycles. The molecule has 0 atom stereocenters. The van der Waals surface area contributed by atoms with E-state index in [1.807, 2.05) is 18.2 Å². The number of amides is 1. The average Bonchev–Trinajstić information content (AvgIpc) is 2.73. The van der Waals surface area contributed by atoms with Crippen LogP contribution in [0.4, 0.5) is 5.69 Å². The molecule has 18 heavy (non-hydrogen) atoms. The second-order valence-corrected chi connectivity index (χ2v) is 4.64. The van der Waals surface area contributed by atoms with Crippen molar-refractivity contribution in [1.29, 1.82) is 0 Å². The maximum absolute atomic E-state index is 11.9. The van der Waals surface area contributed by atoms with E-state index in [1.165, 1.54) is 0 Å². The molecule has 0 unspecified atom stereocenters. The number of fused-ring (bicyclic) bond motifs is 1.